The molecule has 2 rings (SSSR count). The van der Waals surface area contributed by atoms with E-state index in [4.69, 9.17) is 9.98 Å². The molecular weight excluding hydrogens is 615 g/mol. The molecular formula is C44H64N2Ni. The summed E-state index contributed by atoms with van der Waals surface area (Å²) in [6, 6.07) is 17.2. The molecule has 0 spiro atoms. The Bertz CT molecular complexity index is 1240. The molecule has 3 heteroatoms. The van der Waals surface area contributed by atoms with E-state index in [1.807, 2.05) is 6.21 Å². The van der Waals surface area contributed by atoms with Crippen molar-refractivity contribution in [3.05, 3.63) is 59.7 Å². The normalized spacial score (nSPS) is 11.1. The first-order valence-electron chi connectivity index (χ1n) is 19.0. The van der Waals surface area contributed by atoms with Gasteiger partial charge in [0, 0.05) is 48.4 Å². The first-order valence-corrected chi connectivity index (χ1v) is 19.0. The molecule has 0 saturated carbocycles. The Kier molecular flexibility index (Phi) is 27.7. The van der Waals surface area contributed by atoms with Crippen LogP contribution in [0.3, 0.4) is 0 Å². The molecule has 260 valence electrons. The van der Waals surface area contributed by atoms with Crippen molar-refractivity contribution in [1.29, 1.82) is 0 Å². The Labute approximate surface area is 300 Å². The van der Waals surface area contributed by atoms with Gasteiger partial charge in [-0.05, 0) is 74.6 Å². The molecule has 0 saturated heterocycles. The summed E-state index contributed by atoms with van der Waals surface area (Å²) in [5, 5.41) is 0. The standard InChI is InChI=1S/C44H64N2.Ni/c1-4-7-10-12-14-16-18-20-22-24-26-32-40-34-28-30-37-43(40)45-39-42(36-9-6-3)46-44-38-31-29-35-41(44)33-27-25-23-21-19-17-15-13-11-8-5-2;/h28-31,34-35,37-39H,4-19,24-27,32-33,36H2,1-3H3;. The largest absolute Gasteiger partial charge is 0.255 e. The molecule has 0 heterocycles. The summed E-state index contributed by atoms with van der Waals surface area (Å²) < 4.78 is 0. The van der Waals surface area contributed by atoms with E-state index in [9.17, 15) is 0 Å². The van der Waals surface area contributed by atoms with Gasteiger partial charge in [-0.3, -0.25) is 9.98 Å². The van der Waals surface area contributed by atoms with E-state index >= 15 is 0 Å². The molecule has 0 unspecified atom stereocenters. The predicted octanol–water partition coefficient (Wildman–Crippen LogP) is 13.5. The molecule has 2 nitrogen and oxygen atoms in total. The van der Waals surface area contributed by atoms with E-state index in [1.54, 1.807) is 0 Å². The van der Waals surface area contributed by atoms with Crippen molar-refractivity contribution in [3.63, 3.8) is 0 Å². The number of unbranched alkanes of at least 4 members (excludes halogenated alkanes) is 15. The summed E-state index contributed by atoms with van der Waals surface area (Å²) in [5.41, 5.74) is 5.79. The van der Waals surface area contributed by atoms with E-state index in [1.165, 1.54) is 88.2 Å². The quantitative estimate of drug-likeness (QED) is 0.0457. The smallest absolute Gasteiger partial charge is 0.0665 e. The molecule has 47 heavy (non-hydrogen) atoms. The van der Waals surface area contributed by atoms with Gasteiger partial charge in [-0.25, -0.2) is 0 Å². The fraction of sp³-hybridized carbons (Fsp3) is 0.591. The zero-order valence-corrected chi connectivity index (χ0v) is 31.2. The van der Waals surface area contributed by atoms with E-state index < -0.39 is 0 Å². The third-order valence-electron chi connectivity index (χ3n) is 8.44. The Morgan fingerprint density at radius 2 is 0.936 bits per heavy atom. The number of aryl methyl sites for hydroxylation is 2. The van der Waals surface area contributed by atoms with E-state index in [-0.39, 0.29) is 16.5 Å². The molecule has 0 bridgehead atoms. The second kappa shape index (κ2) is 30.7. The van der Waals surface area contributed by atoms with Gasteiger partial charge in [-0.1, -0.05) is 128 Å². The number of para-hydroxylation sites is 2. The second-order valence-corrected chi connectivity index (χ2v) is 12.7. The van der Waals surface area contributed by atoms with Gasteiger partial charge in [0.2, 0.25) is 0 Å². The fourth-order valence-electron chi connectivity index (χ4n) is 5.56. The van der Waals surface area contributed by atoms with Crippen LogP contribution in [-0.2, 0) is 29.3 Å². The van der Waals surface area contributed by atoms with Crippen LogP contribution in [0.25, 0.3) is 0 Å². The van der Waals surface area contributed by atoms with Crippen molar-refractivity contribution in [1.82, 2.24) is 0 Å². The molecule has 2 aromatic rings. The molecule has 0 aromatic heterocycles. The summed E-state index contributed by atoms with van der Waals surface area (Å²) >= 11 is 0. The van der Waals surface area contributed by atoms with Gasteiger partial charge in [0.05, 0.1) is 17.1 Å². The Balaban J connectivity index is 0.0000110. The first-order chi connectivity index (χ1) is 22.8. The van der Waals surface area contributed by atoms with Gasteiger partial charge in [0.25, 0.3) is 0 Å². The molecule has 0 amide bonds. The van der Waals surface area contributed by atoms with Gasteiger partial charge >= 0.3 is 0 Å². The Hall–Kier alpha value is -2.61. The minimum Gasteiger partial charge on any atom is -0.255 e. The fourth-order valence-corrected chi connectivity index (χ4v) is 5.56. The summed E-state index contributed by atoms with van der Waals surface area (Å²) in [6.45, 7) is 6.78. The van der Waals surface area contributed by atoms with Crippen LogP contribution in [0.15, 0.2) is 58.5 Å². The number of hydrogen-bond acceptors (Lipinski definition) is 2. The van der Waals surface area contributed by atoms with Gasteiger partial charge in [-0.15, -0.1) is 23.7 Å². The zero-order chi connectivity index (χ0) is 32.8. The van der Waals surface area contributed by atoms with Gasteiger partial charge in [0.15, 0.2) is 0 Å². The SMILES string of the molecule is CCCCCCCCC#CCCCc1ccccc1N=CC(CCCC)=Nc1ccccc1CCCC#CCCCCCCCC.[Ni]. The van der Waals surface area contributed by atoms with Crippen molar-refractivity contribution >= 4 is 23.3 Å². The van der Waals surface area contributed by atoms with Crippen LogP contribution in [0, 0.1) is 23.7 Å². The summed E-state index contributed by atoms with van der Waals surface area (Å²) in [5.74, 6) is 13.6. The van der Waals surface area contributed by atoms with Gasteiger partial charge in [-0.2, -0.15) is 0 Å². The monoisotopic (exact) mass is 678 g/mol. The maximum absolute atomic E-state index is 5.16. The molecule has 2 aromatic carbocycles. The van der Waals surface area contributed by atoms with E-state index in [2.05, 4.69) is 93.0 Å². The Morgan fingerprint density at radius 3 is 1.47 bits per heavy atom. The maximum atomic E-state index is 5.16. The summed E-state index contributed by atoms with van der Waals surface area (Å²) in [4.78, 5) is 10.1. The second-order valence-electron chi connectivity index (χ2n) is 12.7. The van der Waals surface area contributed by atoms with Crippen molar-refractivity contribution in [3.8, 4) is 23.7 Å². The average molecular weight is 680 g/mol. The molecule has 0 atom stereocenters. The topological polar surface area (TPSA) is 24.7 Å². The Morgan fingerprint density at radius 1 is 0.511 bits per heavy atom. The van der Waals surface area contributed by atoms with E-state index in [0.717, 1.165) is 87.7 Å². The van der Waals surface area contributed by atoms with E-state index in [0.29, 0.717) is 0 Å². The van der Waals surface area contributed by atoms with Crippen LogP contribution in [0.1, 0.15) is 167 Å². The number of rotatable bonds is 24. The van der Waals surface area contributed by atoms with Crippen LogP contribution in [-0.4, -0.2) is 11.9 Å². The van der Waals surface area contributed by atoms with Gasteiger partial charge in [0.1, 0.15) is 0 Å². The van der Waals surface area contributed by atoms with Crippen LogP contribution in [0.5, 0.6) is 0 Å². The summed E-state index contributed by atoms with van der Waals surface area (Å²) in [6.07, 6.45) is 29.3. The number of aliphatic imine (C=N–C) groups is 2. The zero-order valence-electron chi connectivity index (χ0n) is 30.2. The molecule has 0 aliphatic carbocycles. The first kappa shape index (κ1) is 42.4. The number of hydrogen-bond donors (Lipinski definition) is 0. The predicted molar refractivity (Wildman–Crippen MR) is 205 cm³/mol. The number of benzene rings is 2. The minimum atomic E-state index is 0. The molecule has 0 N–H and O–H groups in total. The van der Waals surface area contributed by atoms with Crippen molar-refractivity contribution in [2.45, 2.75) is 168 Å². The third-order valence-corrected chi connectivity index (χ3v) is 8.44. The average Bonchev–Trinajstić information content (AvgIpc) is 3.08. The molecule has 0 aliphatic heterocycles. The van der Waals surface area contributed by atoms with Gasteiger partial charge < -0.3 is 0 Å². The van der Waals surface area contributed by atoms with Crippen molar-refractivity contribution in [2.75, 3.05) is 0 Å². The van der Waals surface area contributed by atoms with Crippen LogP contribution in [0.2, 0.25) is 0 Å². The third kappa shape index (κ3) is 21.8. The minimum absolute atomic E-state index is 0. The maximum Gasteiger partial charge on any atom is 0.0665 e. The van der Waals surface area contributed by atoms with Crippen molar-refractivity contribution < 1.29 is 16.5 Å². The van der Waals surface area contributed by atoms with Crippen LogP contribution in [0.4, 0.5) is 11.4 Å². The van der Waals surface area contributed by atoms with Crippen molar-refractivity contribution in [2.24, 2.45) is 9.98 Å². The van der Waals surface area contributed by atoms with Crippen LogP contribution >= 0.6 is 0 Å². The number of nitrogens with zero attached hydrogens (tertiary/aromatic N) is 2. The molecule has 0 radical (unpaired) electrons. The molecule has 0 fully saturated rings. The summed E-state index contributed by atoms with van der Waals surface area (Å²) in [7, 11) is 0. The van der Waals surface area contributed by atoms with Crippen LogP contribution < -0.4 is 0 Å². The molecule has 0 aliphatic rings.